The van der Waals surface area contributed by atoms with Gasteiger partial charge in [-0.25, -0.2) is 0 Å². The number of ether oxygens (including phenoxy) is 1. The molecule has 1 aliphatic rings. The first-order valence-electron chi connectivity index (χ1n) is 12.6. The van der Waals surface area contributed by atoms with E-state index in [1.54, 1.807) is 43.5 Å². The minimum atomic E-state index is -0.477. The molecular formula is C31H28N6O3. The van der Waals surface area contributed by atoms with Gasteiger partial charge >= 0.3 is 0 Å². The lowest BCUT2D eigenvalue weighted by atomic mass is 10.1. The van der Waals surface area contributed by atoms with Crippen molar-refractivity contribution in [3.63, 3.8) is 0 Å². The van der Waals surface area contributed by atoms with Crippen molar-refractivity contribution >= 4 is 34.1 Å². The van der Waals surface area contributed by atoms with Gasteiger partial charge in [-0.05, 0) is 86.1 Å². The summed E-state index contributed by atoms with van der Waals surface area (Å²) in [4.78, 5) is 30.1. The molecule has 1 fully saturated rings. The Morgan fingerprint density at radius 2 is 1.60 bits per heavy atom. The first-order chi connectivity index (χ1) is 19.3. The molecule has 9 heteroatoms. The predicted octanol–water partition coefficient (Wildman–Crippen LogP) is 4.55. The number of carbonyl (C=O) groups excluding carboxylic acids is 2. The molecule has 0 unspecified atom stereocenters. The number of aryl methyl sites for hydroxylation is 1. The molecule has 2 amide bonds. The van der Waals surface area contributed by atoms with Crippen LogP contribution in [0.3, 0.4) is 0 Å². The summed E-state index contributed by atoms with van der Waals surface area (Å²) < 4.78 is 5.50. The summed E-state index contributed by atoms with van der Waals surface area (Å²) in [6.07, 6.45) is 1.27. The van der Waals surface area contributed by atoms with E-state index >= 15 is 0 Å². The molecule has 0 bridgehead atoms. The quantitative estimate of drug-likeness (QED) is 0.383. The molecule has 3 aromatic carbocycles. The molecule has 2 heterocycles. The Labute approximate surface area is 232 Å². The zero-order valence-corrected chi connectivity index (χ0v) is 22.2. The van der Waals surface area contributed by atoms with Crippen LogP contribution in [-0.4, -0.2) is 43.1 Å². The number of hydrogen-bond acceptors (Lipinski definition) is 7. The topological polar surface area (TPSA) is 145 Å². The normalized spacial score (nSPS) is 14.0. The third-order valence-corrected chi connectivity index (χ3v) is 6.57. The molecule has 1 saturated heterocycles. The summed E-state index contributed by atoms with van der Waals surface area (Å²) in [6.45, 7) is 3.80. The standard InChI is InChI=1S/C23H22N4O2.C8H6N2O/c1-15-11-22(27-10-9-19(14-27)29-2)20-8-7-18(12-21(20)25-15)26-23(28)17-5-3-16(13-24)4-6-17;9-5-6-1-3-7(4-2-6)8(10)11/h3-8,11-12,19H,9-10,14H2,1-2H3,(H,26,28);1-4H,(H2,10,11)/t19-;/m0./s1. The molecule has 0 aliphatic carbocycles. The highest BCUT2D eigenvalue weighted by Gasteiger charge is 2.24. The van der Waals surface area contributed by atoms with Crippen molar-refractivity contribution in [2.75, 3.05) is 30.4 Å². The highest BCUT2D eigenvalue weighted by Crippen LogP contribution is 2.31. The number of rotatable bonds is 5. The predicted molar refractivity (Wildman–Crippen MR) is 153 cm³/mol. The van der Waals surface area contributed by atoms with E-state index in [4.69, 9.17) is 21.0 Å². The zero-order chi connectivity index (χ0) is 28.6. The number of aromatic nitrogens is 1. The van der Waals surface area contributed by atoms with Crippen LogP contribution in [0.15, 0.2) is 72.8 Å². The lowest BCUT2D eigenvalue weighted by molar-refractivity contribution is 0.0997. The van der Waals surface area contributed by atoms with Gasteiger partial charge in [0.1, 0.15) is 0 Å². The van der Waals surface area contributed by atoms with Gasteiger partial charge in [0, 0.05) is 53.8 Å². The first-order valence-corrected chi connectivity index (χ1v) is 12.6. The largest absolute Gasteiger partial charge is 0.380 e. The number of nitrogens with two attached hydrogens (primary N) is 1. The molecule has 40 heavy (non-hydrogen) atoms. The molecule has 0 radical (unpaired) electrons. The maximum atomic E-state index is 12.5. The van der Waals surface area contributed by atoms with E-state index in [1.807, 2.05) is 31.2 Å². The van der Waals surface area contributed by atoms with Gasteiger partial charge in [-0.1, -0.05) is 0 Å². The first kappa shape index (κ1) is 27.8. The van der Waals surface area contributed by atoms with Gasteiger partial charge in [0.25, 0.3) is 5.91 Å². The average Bonchev–Trinajstić information content (AvgIpc) is 3.46. The Hall–Kier alpha value is -5.25. The van der Waals surface area contributed by atoms with Crippen LogP contribution in [0.5, 0.6) is 0 Å². The fraction of sp³-hybridized carbons (Fsp3) is 0.194. The van der Waals surface area contributed by atoms with Crippen LogP contribution >= 0.6 is 0 Å². The number of benzene rings is 3. The number of nitrogens with zero attached hydrogens (tertiary/aromatic N) is 4. The second-order valence-corrected chi connectivity index (χ2v) is 9.30. The fourth-order valence-corrected chi connectivity index (χ4v) is 4.43. The van der Waals surface area contributed by atoms with E-state index in [0.29, 0.717) is 27.9 Å². The van der Waals surface area contributed by atoms with Gasteiger partial charge < -0.3 is 20.7 Å². The Bertz CT molecular complexity index is 1620. The molecule has 1 aromatic heterocycles. The Balaban J connectivity index is 0.000000283. The summed E-state index contributed by atoms with van der Waals surface area (Å²) in [5.74, 6) is -0.696. The van der Waals surface area contributed by atoms with Gasteiger partial charge in [0.05, 0.1) is 34.9 Å². The highest BCUT2D eigenvalue weighted by molar-refractivity contribution is 6.05. The Morgan fingerprint density at radius 1 is 0.975 bits per heavy atom. The summed E-state index contributed by atoms with van der Waals surface area (Å²) >= 11 is 0. The maximum Gasteiger partial charge on any atom is 0.255 e. The highest BCUT2D eigenvalue weighted by atomic mass is 16.5. The van der Waals surface area contributed by atoms with Crippen LogP contribution in [0.1, 0.15) is 44.0 Å². The number of nitriles is 2. The van der Waals surface area contributed by atoms with Crippen molar-refractivity contribution in [2.45, 2.75) is 19.4 Å². The molecular weight excluding hydrogens is 504 g/mol. The van der Waals surface area contributed by atoms with E-state index in [0.717, 1.165) is 41.8 Å². The van der Waals surface area contributed by atoms with E-state index in [-0.39, 0.29) is 12.0 Å². The number of nitrogens with one attached hydrogen (secondary N) is 1. The number of methoxy groups -OCH3 is 1. The lowest BCUT2D eigenvalue weighted by Gasteiger charge is -2.21. The summed E-state index contributed by atoms with van der Waals surface area (Å²) in [5.41, 5.74) is 10.6. The van der Waals surface area contributed by atoms with Crippen LogP contribution in [0.4, 0.5) is 11.4 Å². The molecule has 4 aromatic rings. The van der Waals surface area contributed by atoms with E-state index in [9.17, 15) is 9.59 Å². The van der Waals surface area contributed by atoms with Crippen molar-refractivity contribution < 1.29 is 14.3 Å². The van der Waals surface area contributed by atoms with Gasteiger partial charge in [0.2, 0.25) is 5.91 Å². The van der Waals surface area contributed by atoms with Crippen LogP contribution < -0.4 is 16.0 Å². The number of carbonyl (C=O) groups is 2. The molecule has 1 atom stereocenters. The van der Waals surface area contributed by atoms with Crippen molar-refractivity contribution in [3.05, 3.63) is 101 Å². The molecule has 3 N–H and O–H groups in total. The van der Waals surface area contributed by atoms with Crippen molar-refractivity contribution in [1.29, 1.82) is 10.5 Å². The van der Waals surface area contributed by atoms with Gasteiger partial charge in [-0.2, -0.15) is 10.5 Å². The van der Waals surface area contributed by atoms with Gasteiger partial charge in [-0.3, -0.25) is 14.6 Å². The monoisotopic (exact) mass is 532 g/mol. The van der Waals surface area contributed by atoms with E-state index in [1.165, 1.54) is 12.1 Å². The summed E-state index contributed by atoms with van der Waals surface area (Å²) in [5, 5.41) is 21.3. The lowest BCUT2D eigenvalue weighted by Crippen LogP contribution is -2.22. The van der Waals surface area contributed by atoms with Gasteiger partial charge in [-0.15, -0.1) is 0 Å². The Morgan fingerprint density at radius 3 is 2.15 bits per heavy atom. The molecule has 200 valence electrons. The van der Waals surface area contributed by atoms with Crippen molar-refractivity contribution in [1.82, 2.24) is 4.98 Å². The maximum absolute atomic E-state index is 12.5. The second kappa shape index (κ2) is 12.5. The molecule has 5 rings (SSSR count). The number of primary amides is 1. The summed E-state index contributed by atoms with van der Waals surface area (Å²) in [6, 6.07) is 24.6. The SMILES string of the molecule is CO[C@H]1CCN(c2cc(C)nc3cc(NC(=O)c4ccc(C#N)cc4)ccc23)C1.N#Cc1ccc(C(N)=O)cc1. The fourth-order valence-electron chi connectivity index (χ4n) is 4.43. The third-order valence-electron chi connectivity index (χ3n) is 6.57. The van der Waals surface area contributed by atoms with Gasteiger partial charge in [0.15, 0.2) is 0 Å². The van der Waals surface area contributed by atoms with Crippen LogP contribution in [0.2, 0.25) is 0 Å². The Kier molecular flexibility index (Phi) is 8.70. The number of anilines is 2. The number of hydrogen-bond donors (Lipinski definition) is 2. The number of pyridine rings is 1. The van der Waals surface area contributed by atoms with Crippen LogP contribution in [-0.2, 0) is 4.74 Å². The van der Waals surface area contributed by atoms with Crippen LogP contribution in [0.25, 0.3) is 10.9 Å². The smallest absolute Gasteiger partial charge is 0.255 e. The number of fused-ring (bicyclic) bond motifs is 1. The van der Waals surface area contributed by atoms with Crippen molar-refractivity contribution in [3.8, 4) is 12.1 Å². The van der Waals surface area contributed by atoms with Crippen molar-refractivity contribution in [2.24, 2.45) is 5.73 Å². The van der Waals surface area contributed by atoms with E-state index < -0.39 is 5.91 Å². The minimum Gasteiger partial charge on any atom is -0.380 e. The molecule has 9 nitrogen and oxygen atoms in total. The molecule has 0 spiro atoms. The molecule has 1 aliphatic heterocycles. The number of amides is 2. The third kappa shape index (κ3) is 6.60. The minimum absolute atomic E-state index is 0.218. The molecule has 0 saturated carbocycles. The summed E-state index contributed by atoms with van der Waals surface area (Å²) in [7, 11) is 1.76. The van der Waals surface area contributed by atoms with E-state index in [2.05, 4.69) is 27.3 Å². The zero-order valence-electron chi connectivity index (χ0n) is 22.2. The average molecular weight is 533 g/mol. The second-order valence-electron chi connectivity index (χ2n) is 9.30. The van der Waals surface area contributed by atoms with Crippen LogP contribution in [0, 0.1) is 29.6 Å².